The Morgan fingerprint density at radius 3 is 2.60 bits per heavy atom. The van der Waals surface area contributed by atoms with Gasteiger partial charge in [-0.2, -0.15) is 0 Å². The van der Waals surface area contributed by atoms with Crippen molar-refractivity contribution in [2.45, 2.75) is 33.1 Å². The zero-order valence-electron chi connectivity index (χ0n) is 14.9. The molecule has 4 heteroatoms. The number of hydrogen-bond donors (Lipinski definition) is 2. The maximum absolute atomic E-state index is 14.1. The van der Waals surface area contributed by atoms with Crippen LogP contribution in [0.2, 0.25) is 0 Å². The summed E-state index contributed by atoms with van der Waals surface area (Å²) in [6, 6.07) is 7.83. The van der Waals surface area contributed by atoms with Crippen LogP contribution in [0.25, 0.3) is 6.08 Å². The number of nitrogens with two attached hydrogens (primary N) is 1. The molecule has 0 radical (unpaired) electrons. The molecule has 2 nitrogen and oxygen atoms in total. The fraction of sp³-hybridized carbons (Fsp3) is 0.333. The van der Waals surface area contributed by atoms with E-state index < -0.39 is 0 Å². The Bertz CT molecular complexity index is 741. The molecule has 0 spiro atoms. The van der Waals surface area contributed by atoms with E-state index in [0.717, 1.165) is 36.0 Å². The van der Waals surface area contributed by atoms with E-state index >= 15 is 0 Å². The van der Waals surface area contributed by atoms with Crippen LogP contribution in [0.5, 0.6) is 0 Å². The van der Waals surface area contributed by atoms with Gasteiger partial charge in [0.05, 0.1) is 5.69 Å². The molecule has 3 N–H and O–H groups in total. The number of hydrogen-bond acceptors (Lipinski definition) is 2. The van der Waals surface area contributed by atoms with Crippen molar-refractivity contribution in [2.75, 3.05) is 11.9 Å². The highest BCUT2D eigenvalue weighted by atomic mass is 19.1. The van der Waals surface area contributed by atoms with E-state index in [0.29, 0.717) is 23.8 Å². The topological polar surface area (TPSA) is 38.0 Å². The first-order valence-corrected chi connectivity index (χ1v) is 8.62. The predicted molar refractivity (Wildman–Crippen MR) is 102 cm³/mol. The number of nitrogens with one attached hydrogen (secondary N) is 1. The SMILES string of the molecule is C=Cc1c(CCCC(C)CN)cc(F)cc1Nc1ccc(C)cc1F. The summed E-state index contributed by atoms with van der Waals surface area (Å²) in [7, 11) is 0. The number of rotatable bonds is 8. The van der Waals surface area contributed by atoms with E-state index in [2.05, 4.69) is 18.8 Å². The van der Waals surface area contributed by atoms with Gasteiger partial charge in [0.2, 0.25) is 0 Å². The third-order valence-electron chi connectivity index (χ3n) is 4.37. The molecule has 2 rings (SSSR count). The molecule has 0 aliphatic heterocycles. The van der Waals surface area contributed by atoms with Gasteiger partial charge in [0, 0.05) is 11.3 Å². The van der Waals surface area contributed by atoms with E-state index in [-0.39, 0.29) is 11.6 Å². The summed E-state index contributed by atoms with van der Waals surface area (Å²) >= 11 is 0. The lowest BCUT2D eigenvalue weighted by Gasteiger charge is -2.16. The van der Waals surface area contributed by atoms with Gasteiger partial charge in [-0.3, -0.25) is 0 Å². The van der Waals surface area contributed by atoms with Gasteiger partial charge in [-0.25, -0.2) is 8.78 Å². The second-order valence-electron chi connectivity index (χ2n) is 6.57. The van der Waals surface area contributed by atoms with E-state index in [1.807, 2.05) is 13.0 Å². The minimum atomic E-state index is -0.363. The molecule has 0 bridgehead atoms. The lowest BCUT2D eigenvalue weighted by atomic mass is 9.96. The lowest BCUT2D eigenvalue weighted by Crippen LogP contribution is -2.10. The molecule has 0 aliphatic rings. The minimum absolute atomic E-state index is 0.321. The summed E-state index contributed by atoms with van der Waals surface area (Å²) in [6.07, 6.45) is 4.32. The van der Waals surface area contributed by atoms with Crippen molar-refractivity contribution < 1.29 is 8.78 Å². The van der Waals surface area contributed by atoms with Gasteiger partial charge in [0.25, 0.3) is 0 Å². The first-order valence-electron chi connectivity index (χ1n) is 8.62. The molecular formula is C21H26F2N2. The van der Waals surface area contributed by atoms with Gasteiger partial charge < -0.3 is 11.1 Å². The molecule has 25 heavy (non-hydrogen) atoms. The standard InChI is InChI=1S/C21H26F2N2/c1-4-18-16(7-5-6-15(3)13-24)11-17(22)12-21(18)25-20-9-8-14(2)10-19(20)23/h4,8-12,15,25H,1,5-7,13,24H2,2-3H3. The largest absolute Gasteiger partial charge is 0.353 e. The maximum Gasteiger partial charge on any atom is 0.146 e. The Morgan fingerprint density at radius 1 is 1.20 bits per heavy atom. The van der Waals surface area contributed by atoms with Gasteiger partial charge in [-0.05, 0) is 74.0 Å². The molecule has 1 unspecified atom stereocenters. The van der Waals surface area contributed by atoms with Gasteiger partial charge >= 0.3 is 0 Å². The molecule has 0 aromatic heterocycles. The van der Waals surface area contributed by atoms with E-state index in [1.54, 1.807) is 12.1 Å². The molecule has 2 aromatic rings. The Balaban J connectivity index is 2.26. The van der Waals surface area contributed by atoms with Gasteiger partial charge in [-0.1, -0.05) is 25.6 Å². The summed E-state index contributed by atoms with van der Waals surface area (Å²) in [5, 5.41) is 3.00. The Kier molecular flexibility index (Phi) is 6.71. The van der Waals surface area contributed by atoms with Crippen molar-refractivity contribution in [2.24, 2.45) is 11.7 Å². The minimum Gasteiger partial charge on any atom is -0.353 e. The summed E-state index contributed by atoms with van der Waals surface area (Å²) in [6.45, 7) is 8.42. The molecule has 0 aliphatic carbocycles. The highest BCUT2D eigenvalue weighted by Crippen LogP contribution is 2.29. The van der Waals surface area contributed by atoms with Crippen molar-refractivity contribution in [3.05, 3.63) is 65.2 Å². The second kappa shape index (κ2) is 8.77. The van der Waals surface area contributed by atoms with Crippen molar-refractivity contribution in [3.63, 3.8) is 0 Å². The quantitative estimate of drug-likeness (QED) is 0.656. The molecule has 134 valence electrons. The third kappa shape index (κ3) is 5.13. The fourth-order valence-electron chi connectivity index (χ4n) is 2.85. The maximum atomic E-state index is 14.1. The van der Waals surface area contributed by atoms with Crippen LogP contribution in [0.1, 0.15) is 36.5 Å². The molecule has 0 heterocycles. The summed E-state index contributed by atoms with van der Waals surface area (Å²) in [4.78, 5) is 0. The van der Waals surface area contributed by atoms with Gasteiger partial charge in [-0.15, -0.1) is 0 Å². The van der Waals surface area contributed by atoms with E-state index in [4.69, 9.17) is 5.73 Å². The average molecular weight is 344 g/mol. The highest BCUT2D eigenvalue weighted by molar-refractivity contribution is 5.74. The lowest BCUT2D eigenvalue weighted by molar-refractivity contribution is 0.520. The van der Waals surface area contributed by atoms with Crippen LogP contribution in [0.15, 0.2) is 36.9 Å². The summed E-state index contributed by atoms with van der Waals surface area (Å²) < 4.78 is 28.2. The number of benzene rings is 2. The van der Waals surface area contributed by atoms with Crippen LogP contribution in [0.4, 0.5) is 20.2 Å². The van der Waals surface area contributed by atoms with Crippen LogP contribution in [-0.4, -0.2) is 6.54 Å². The van der Waals surface area contributed by atoms with Crippen molar-refractivity contribution in [3.8, 4) is 0 Å². The Labute approximate surface area is 148 Å². The van der Waals surface area contributed by atoms with Crippen LogP contribution in [-0.2, 0) is 6.42 Å². The van der Waals surface area contributed by atoms with Crippen molar-refractivity contribution >= 4 is 17.5 Å². The predicted octanol–water partition coefficient (Wildman–Crippen LogP) is 5.58. The summed E-state index contributed by atoms with van der Waals surface area (Å²) in [5.41, 5.74) is 9.00. The smallest absolute Gasteiger partial charge is 0.146 e. The molecular weight excluding hydrogens is 318 g/mol. The van der Waals surface area contributed by atoms with E-state index in [9.17, 15) is 8.78 Å². The Morgan fingerprint density at radius 2 is 1.96 bits per heavy atom. The highest BCUT2D eigenvalue weighted by Gasteiger charge is 2.12. The number of halogens is 2. The van der Waals surface area contributed by atoms with E-state index in [1.165, 1.54) is 18.2 Å². The number of aryl methyl sites for hydroxylation is 2. The molecule has 2 aromatic carbocycles. The molecule has 0 fully saturated rings. The van der Waals surface area contributed by atoms with Gasteiger partial charge in [0.1, 0.15) is 11.6 Å². The molecule has 0 amide bonds. The molecule has 1 atom stereocenters. The summed E-state index contributed by atoms with van der Waals surface area (Å²) in [5.74, 6) is -0.264. The van der Waals surface area contributed by atoms with Crippen LogP contribution in [0.3, 0.4) is 0 Å². The fourth-order valence-corrected chi connectivity index (χ4v) is 2.85. The van der Waals surface area contributed by atoms with Crippen LogP contribution < -0.4 is 11.1 Å². The van der Waals surface area contributed by atoms with Crippen molar-refractivity contribution in [1.82, 2.24) is 0 Å². The first kappa shape index (κ1) is 19.1. The average Bonchev–Trinajstić information content (AvgIpc) is 2.57. The number of anilines is 2. The molecule has 0 saturated heterocycles. The monoisotopic (exact) mass is 344 g/mol. The van der Waals surface area contributed by atoms with Gasteiger partial charge in [0.15, 0.2) is 0 Å². The molecule has 0 saturated carbocycles. The normalized spacial score (nSPS) is 12.0. The van der Waals surface area contributed by atoms with Crippen LogP contribution >= 0.6 is 0 Å². The zero-order valence-corrected chi connectivity index (χ0v) is 14.9. The third-order valence-corrected chi connectivity index (χ3v) is 4.37. The first-order chi connectivity index (χ1) is 11.9. The van der Waals surface area contributed by atoms with Crippen molar-refractivity contribution in [1.29, 1.82) is 0 Å². The van der Waals surface area contributed by atoms with Crippen LogP contribution in [0, 0.1) is 24.5 Å². The zero-order chi connectivity index (χ0) is 18.4. The Hall–Kier alpha value is -2.20. The second-order valence-corrected chi connectivity index (χ2v) is 6.57.